The van der Waals surface area contributed by atoms with E-state index >= 15 is 0 Å². The SMILES string of the molecule is Cc1cccc(C)c1NC(=O)C(C)CS(=O)(=O)N1CCNCC1. The summed E-state index contributed by atoms with van der Waals surface area (Å²) >= 11 is 0. The van der Waals surface area contributed by atoms with Crippen molar-refractivity contribution in [1.82, 2.24) is 9.62 Å². The number of hydrogen-bond acceptors (Lipinski definition) is 4. The number of aryl methyl sites for hydroxylation is 2. The van der Waals surface area contributed by atoms with Crippen molar-refractivity contribution in [2.75, 3.05) is 37.2 Å². The smallest absolute Gasteiger partial charge is 0.228 e. The number of amides is 1. The molecule has 1 unspecified atom stereocenters. The second-order valence-electron chi connectivity index (χ2n) is 6.08. The summed E-state index contributed by atoms with van der Waals surface area (Å²) < 4.78 is 26.3. The van der Waals surface area contributed by atoms with Gasteiger partial charge in [0.15, 0.2) is 0 Å². The normalized spacial score (nSPS) is 17.7. The quantitative estimate of drug-likeness (QED) is 0.842. The van der Waals surface area contributed by atoms with Gasteiger partial charge in [0, 0.05) is 31.9 Å². The summed E-state index contributed by atoms with van der Waals surface area (Å²) in [6, 6.07) is 5.77. The number of piperazine rings is 1. The van der Waals surface area contributed by atoms with Crippen molar-refractivity contribution >= 4 is 21.6 Å². The molecule has 0 aliphatic carbocycles. The standard InChI is InChI=1S/C16H25N3O3S/c1-12-5-4-6-13(2)15(12)18-16(20)14(3)11-23(21,22)19-9-7-17-8-10-19/h4-6,14,17H,7-11H2,1-3H3,(H,18,20). The minimum atomic E-state index is -3.41. The number of anilines is 1. The summed E-state index contributed by atoms with van der Waals surface area (Å²) in [5.41, 5.74) is 2.70. The van der Waals surface area contributed by atoms with Crippen molar-refractivity contribution in [2.45, 2.75) is 20.8 Å². The Balaban J connectivity index is 2.02. The third kappa shape index (κ3) is 4.53. The van der Waals surface area contributed by atoms with Gasteiger partial charge >= 0.3 is 0 Å². The molecule has 0 bridgehead atoms. The Morgan fingerprint density at radius 1 is 1.26 bits per heavy atom. The first-order chi connectivity index (χ1) is 10.8. The van der Waals surface area contributed by atoms with Crippen LogP contribution in [0.4, 0.5) is 5.69 Å². The molecule has 1 aliphatic heterocycles. The number of rotatable bonds is 5. The summed E-state index contributed by atoms with van der Waals surface area (Å²) in [4.78, 5) is 12.4. The van der Waals surface area contributed by atoms with Crippen LogP contribution in [0.15, 0.2) is 18.2 Å². The summed E-state index contributed by atoms with van der Waals surface area (Å²) in [5.74, 6) is -1.03. The lowest BCUT2D eigenvalue weighted by atomic mass is 10.1. The van der Waals surface area contributed by atoms with E-state index in [0.29, 0.717) is 26.2 Å². The Bertz CT molecular complexity index is 647. The van der Waals surface area contributed by atoms with Gasteiger partial charge in [-0.15, -0.1) is 0 Å². The Labute approximate surface area is 138 Å². The maximum atomic E-state index is 12.4. The van der Waals surface area contributed by atoms with E-state index in [1.54, 1.807) is 6.92 Å². The second kappa shape index (κ2) is 7.42. The van der Waals surface area contributed by atoms with Gasteiger partial charge in [-0.2, -0.15) is 4.31 Å². The molecule has 6 nitrogen and oxygen atoms in total. The predicted molar refractivity (Wildman–Crippen MR) is 91.9 cm³/mol. The topological polar surface area (TPSA) is 78.5 Å². The van der Waals surface area contributed by atoms with Crippen molar-refractivity contribution in [3.63, 3.8) is 0 Å². The highest BCUT2D eigenvalue weighted by molar-refractivity contribution is 7.89. The molecule has 1 fully saturated rings. The molecule has 2 N–H and O–H groups in total. The van der Waals surface area contributed by atoms with Crippen LogP contribution in [0.25, 0.3) is 0 Å². The van der Waals surface area contributed by atoms with E-state index in [0.717, 1.165) is 16.8 Å². The predicted octanol–water partition coefficient (Wildman–Crippen LogP) is 1.11. The average Bonchev–Trinajstić information content (AvgIpc) is 2.51. The van der Waals surface area contributed by atoms with Crippen molar-refractivity contribution in [3.05, 3.63) is 29.3 Å². The van der Waals surface area contributed by atoms with Crippen molar-refractivity contribution in [3.8, 4) is 0 Å². The summed E-state index contributed by atoms with van der Waals surface area (Å²) in [7, 11) is -3.41. The lowest BCUT2D eigenvalue weighted by Crippen LogP contribution is -2.48. The molecule has 2 rings (SSSR count). The molecular formula is C16H25N3O3S. The zero-order valence-electron chi connectivity index (χ0n) is 13.9. The van der Waals surface area contributed by atoms with E-state index in [1.807, 2.05) is 32.0 Å². The van der Waals surface area contributed by atoms with Crippen molar-refractivity contribution in [2.24, 2.45) is 5.92 Å². The molecule has 0 aromatic heterocycles. The third-order valence-electron chi connectivity index (χ3n) is 4.11. The molecule has 1 aliphatic rings. The molecule has 1 aromatic rings. The molecule has 128 valence electrons. The molecule has 1 saturated heterocycles. The number of nitrogens with zero attached hydrogens (tertiary/aromatic N) is 1. The van der Waals surface area contributed by atoms with Gasteiger partial charge in [-0.25, -0.2) is 8.42 Å². The van der Waals surface area contributed by atoms with Gasteiger partial charge in [0.2, 0.25) is 15.9 Å². The summed E-state index contributed by atoms with van der Waals surface area (Å²) in [6.45, 7) is 7.74. The fraction of sp³-hybridized carbons (Fsp3) is 0.562. The first kappa shape index (κ1) is 17.9. The van der Waals surface area contributed by atoms with Crippen LogP contribution < -0.4 is 10.6 Å². The zero-order valence-corrected chi connectivity index (χ0v) is 14.7. The fourth-order valence-corrected chi connectivity index (χ4v) is 4.41. The van der Waals surface area contributed by atoms with Gasteiger partial charge in [-0.05, 0) is 25.0 Å². The minimum absolute atomic E-state index is 0.163. The van der Waals surface area contributed by atoms with Crippen LogP contribution in [0.1, 0.15) is 18.1 Å². The Morgan fingerprint density at radius 3 is 2.39 bits per heavy atom. The molecule has 1 heterocycles. The largest absolute Gasteiger partial charge is 0.325 e. The number of carbonyl (C=O) groups excluding carboxylic acids is 1. The van der Waals surface area contributed by atoms with E-state index in [1.165, 1.54) is 4.31 Å². The van der Waals surface area contributed by atoms with Crippen LogP contribution in [-0.4, -0.2) is 50.6 Å². The van der Waals surface area contributed by atoms with Gasteiger partial charge in [0.1, 0.15) is 0 Å². The van der Waals surface area contributed by atoms with Crippen molar-refractivity contribution in [1.29, 1.82) is 0 Å². The van der Waals surface area contributed by atoms with E-state index < -0.39 is 15.9 Å². The van der Waals surface area contributed by atoms with E-state index in [4.69, 9.17) is 0 Å². The van der Waals surface area contributed by atoms with Crippen LogP contribution >= 0.6 is 0 Å². The number of para-hydroxylation sites is 1. The van der Waals surface area contributed by atoms with Crippen molar-refractivity contribution < 1.29 is 13.2 Å². The van der Waals surface area contributed by atoms with Gasteiger partial charge in [0.05, 0.1) is 11.7 Å². The average molecular weight is 339 g/mol. The van der Waals surface area contributed by atoms with Gasteiger partial charge in [-0.3, -0.25) is 4.79 Å². The first-order valence-electron chi connectivity index (χ1n) is 7.87. The Hall–Kier alpha value is -1.44. The van der Waals surface area contributed by atoms with Gasteiger partial charge in [-0.1, -0.05) is 25.1 Å². The molecule has 0 radical (unpaired) electrons. The number of carbonyl (C=O) groups is 1. The molecule has 23 heavy (non-hydrogen) atoms. The highest BCUT2D eigenvalue weighted by Crippen LogP contribution is 2.20. The number of sulfonamides is 1. The van der Waals surface area contributed by atoms with Crippen LogP contribution in [0.3, 0.4) is 0 Å². The Kier molecular flexibility index (Phi) is 5.78. The maximum absolute atomic E-state index is 12.4. The molecular weight excluding hydrogens is 314 g/mol. The zero-order chi connectivity index (χ0) is 17.0. The summed E-state index contributed by atoms with van der Waals surface area (Å²) in [5, 5.41) is 5.99. The first-order valence-corrected chi connectivity index (χ1v) is 9.48. The number of hydrogen-bond donors (Lipinski definition) is 2. The van der Waals surface area contributed by atoms with Crippen LogP contribution in [0.2, 0.25) is 0 Å². The fourth-order valence-electron chi connectivity index (χ4n) is 2.68. The van der Waals surface area contributed by atoms with Crippen LogP contribution in [0, 0.1) is 19.8 Å². The molecule has 7 heteroatoms. The molecule has 0 saturated carbocycles. The van der Waals surface area contributed by atoms with Crippen LogP contribution in [-0.2, 0) is 14.8 Å². The Morgan fingerprint density at radius 2 is 1.83 bits per heavy atom. The second-order valence-corrected chi connectivity index (χ2v) is 8.10. The highest BCUT2D eigenvalue weighted by atomic mass is 32.2. The van der Waals surface area contributed by atoms with Gasteiger partial charge in [0.25, 0.3) is 0 Å². The maximum Gasteiger partial charge on any atom is 0.228 e. The molecule has 1 aromatic carbocycles. The third-order valence-corrected chi connectivity index (χ3v) is 6.18. The summed E-state index contributed by atoms with van der Waals surface area (Å²) in [6.07, 6.45) is 0. The minimum Gasteiger partial charge on any atom is -0.325 e. The molecule has 1 amide bonds. The van der Waals surface area contributed by atoms with E-state index in [9.17, 15) is 13.2 Å². The van der Waals surface area contributed by atoms with Crippen LogP contribution in [0.5, 0.6) is 0 Å². The van der Waals surface area contributed by atoms with E-state index in [2.05, 4.69) is 10.6 Å². The lowest BCUT2D eigenvalue weighted by molar-refractivity contribution is -0.118. The molecule has 0 spiro atoms. The highest BCUT2D eigenvalue weighted by Gasteiger charge is 2.28. The van der Waals surface area contributed by atoms with Gasteiger partial charge < -0.3 is 10.6 Å². The monoisotopic (exact) mass is 339 g/mol. The van der Waals surface area contributed by atoms with E-state index in [-0.39, 0.29) is 11.7 Å². The molecule has 1 atom stereocenters. The number of nitrogens with one attached hydrogen (secondary N) is 2. The number of benzene rings is 1. The lowest BCUT2D eigenvalue weighted by Gasteiger charge is -2.27.